The van der Waals surface area contributed by atoms with Crippen LogP contribution in [0.1, 0.15) is 29.4 Å². The van der Waals surface area contributed by atoms with E-state index >= 15 is 0 Å². The fourth-order valence-corrected chi connectivity index (χ4v) is 3.21. The number of aryl methyl sites for hydroxylation is 1. The van der Waals surface area contributed by atoms with Crippen LogP contribution in [0.15, 0.2) is 60.8 Å². The molecular weight excluding hydrogens is 338 g/mol. The summed E-state index contributed by atoms with van der Waals surface area (Å²) in [5.41, 5.74) is 4.16. The number of nitrogens with zero attached hydrogens (tertiary/aromatic N) is 1. The maximum Gasteiger partial charge on any atom is 0.224 e. The molecule has 2 aromatic heterocycles. The number of Topliss-reactive ketones (excluding diaryl/α,β-unsaturated/α-hetero) is 1. The van der Waals surface area contributed by atoms with Crippen LogP contribution in [0.4, 0.5) is 5.69 Å². The number of ketones is 1. The van der Waals surface area contributed by atoms with Crippen molar-refractivity contribution in [1.82, 2.24) is 9.97 Å². The van der Waals surface area contributed by atoms with E-state index in [9.17, 15) is 9.59 Å². The third-order valence-corrected chi connectivity index (χ3v) is 4.61. The Morgan fingerprint density at radius 2 is 1.85 bits per heavy atom. The highest BCUT2D eigenvalue weighted by molar-refractivity contribution is 6.07. The van der Waals surface area contributed by atoms with E-state index in [2.05, 4.69) is 21.4 Å². The van der Waals surface area contributed by atoms with Gasteiger partial charge in [-0.05, 0) is 37.6 Å². The van der Waals surface area contributed by atoms with Crippen molar-refractivity contribution < 1.29 is 9.59 Å². The summed E-state index contributed by atoms with van der Waals surface area (Å²) < 4.78 is 0. The molecule has 5 nitrogen and oxygen atoms in total. The molecule has 1 amide bonds. The lowest BCUT2D eigenvalue weighted by Crippen LogP contribution is -2.13. The van der Waals surface area contributed by atoms with E-state index in [1.807, 2.05) is 30.5 Å². The van der Waals surface area contributed by atoms with Gasteiger partial charge in [0.1, 0.15) is 0 Å². The standard InChI is InChI=1S/C22H19N3O2/c1-14(26)15-5-4-6-17(11-15)24-22(27)10-9-16-12-19-18-7-2-3-8-20(18)25-21(19)13-23-16/h2-8,11-13,25H,9-10H2,1H3,(H,24,27). The zero-order valence-electron chi connectivity index (χ0n) is 15.0. The number of anilines is 1. The molecule has 5 heteroatoms. The Balaban J connectivity index is 1.46. The molecule has 4 aromatic rings. The number of carbonyl (C=O) groups is 2. The van der Waals surface area contributed by atoms with Crippen molar-refractivity contribution in [2.75, 3.05) is 5.32 Å². The number of H-pyrrole nitrogens is 1. The van der Waals surface area contributed by atoms with Gasteiger partial charge >= 0.3 is 0 Å². The lowest BCUT2D eigenvalue weighted by molar-refractivity contribution is -0.116. The van der Waals surface area contributed by atoms with Crippen LogP contribution in [0.25, 0.3) is 21.8 Å². The molecule has 4 rings (SSSR count). The lowest BCUT2D eigenvalue weighted by Gasteiger charge is -2.06. The van der Waals surface area contributed by atoms with Crippen LogP contribution in [-0.2, 0) is 11.2 Å². The van der Waals surface area contributed by atoms with Crippen LogP contribution in [0.5, 0.6) is 0 Å². The predicted octanol–water partition coefficient (Wildman–Crippen LogP) is 4.49. The minimum atomic E-state index is -0.100. The first-order chi connectivity index (χ1) is 13.1. The van der Waals surface area contributed by atoms with Gasteiger partial charge < -0.3 is 10.3 Å². The molecule has 0 aliphatic rings. The number of pyridine rings is 1. The molecule has 0 saturated heterocycles. The van der Waals surface area contributed by atoms with Crippen molar-refractivity contribution in [2.24, 2.45) is 0 Å². The SMILES string of the molecule is CC(=O)c1cccc(NC(=O)CCc2cc3c(cn2)[nH]c2ccccc23)c1. The van der Waals surface area contributed by atoms with Crippen LogP contribution >= 0.6 is 0 Å². The maximum absolute atomic E-state index is 12.3. The average Bonchev–Trinajstić information content (AvgIpc) is 3.04. The van der Waals surface area contributed by atoms with Crippen LogP contribution in [0.2, 0.25) is 0 Å². The number of amides is 1. The van der Waals surface area contributed by atoms with Gasteiger partial charge in [0.15, 0.2) is 5.78 Å². The smallest absolute Gasteiger partial charge is 0.224 e. The number of fused-ring (bicyclic) bond motifs is 3. The Morgan fingerprint density at radius 3 is 2.70 bits per heavy atom. The van der Waals surface area contributed by atoms with Crippen molar-refractivity contribution in [2.45, 2.75) is 19.8 Å². The summed E-state index contributed by atoms with van der Waals surface area (Å²) in [6.45, 7) is 1.51. The number of carbonyl (C=O) groups excluding carboxylic acids is 2. The number of nitrogens with one attached hydrogen (secondary N) is 2. The summed E-state index contributed by atoms with van der Waals surface area (Å²) in [7, 11) is 0. The Kier molecular flexibility index (Phi) is 4.42. The molecule has 27 heavy (non-hydrogen) atoms. The van der Waals surface area contributed by atoms with Gasteiger partial charge in [-0.2, -0.15) is 0 Å². The van der Waals surface area contributed by atoms with Crippen LogP contribution < -0.4 is 5.32 Å². The molecule has 0 aliphatic carbocycles. The van der Waals surface area contributed by atoms with Crippen LogP contribution in [0, 0.1) is 0 Å². The summed E-state index contributed by atoms with van der Waals surface area (Å²) >= 11 is 0. The van der Waals surface area contributed by atoms with Gasteiger partial charge in [0.05, 0.1) is 11.7 Å². The fourth-order valence-electron chi connectivity index (χ4n) is 3.21. The zero-order chi connectivity index (χ0) is 18.8. The summed E-state index contributed by atoms with van der Waals surface area (Å²) in [5, 5.41) is 5.11. The topological polar surface area (TPSA) is 74.8 Å². The molecule has 134 valence electrons. The zero-order valence-corrected chi connectivity index (χ0v) is 15.0. The van der Waals surface area contributed by atoms with Gasteiger partial charge in [-0.25, -0.2) is 0 Å². The van der Waals surface area contributed by atoms with Crippen LogP contribution in [-0.4, -0.2) is 21.7 Å². The van der Waals surface area contributed by atoms with Crippen molar-refractivity contribution in [3.63, 3.8) is 0 Å². The van der Waals surface area contributed by atoms with E-state index < -0.39 is 0 Å². The second kappa shape index (κ2) is 7.03. The number of aromatic amines is 1. The number of hydrogen-bond acceptors (Lipinski definition) is 3. The third kappa shape index (κ3) is 3.58. The van der Waals surface area contributed by atoms with Gasteiger partial charge in [0.25, 0.3) is 0 Å². The predicted molar refractivity (Wildman–Crippen MR) is 107 cm³/mol. The van der Waals surface area contributed by atoms with E-state index in [0.29, 0.717) is 24.1 Å². The summed E-state index contributed by atoms with van der Waals surface area (Å²) in [4.78, 5) is 31.5. The van der Waals surface area contributed by atoms with Gasteiger partial charge in [-0.15, -0.1) is 0 Å². The largest absolute Gasteiger partial charge is 0.353 e. The monoisotopic (exact) mass is 357 g/mol. The normalized spacial score (nSPS) is 11.0. The molecule has 2 heterocycles. The highest BCUT2D eigenvalue weighted by Gasteiger charge is 2.09. The second-order valence-electron chi connectivity index (χ2n) is 6.58. The van der Waals surface area contributed by atoms with Crippen LogP contribution in [0.3, 0.4) is 0 Å². The first-order valence-electron chi connectivity index (χ1n) is 8.86. The lowest BCUT2D eigenvalue weighted by atomic mass is 10.1. The van der Waals surface area contributed by atoms with Gasteiger partial charge in [0, 0.05) is 39.7 Å². The number of aromatic nitrogens is 2. The molecule has 0 radical (unpaired) electrons. The minimum Gasteiger partial charge on any atom is -0.353 e. The van der Waals surface area contributed by atoms with E-state index in [0.717, 1.165) is 27.5 Å². The molecular formula is C22H19N3O2. The number of rotatable bonds is 5. The molecule has 0 saturated carbocycles. The van der Waals surface area contributed by atoms with Gasteiger partial charge in [-0.1, -0.05) is 30.3 Å². The number of hydrogen-bond donors (Lipinski definition) is 2. The van der Waals surface area contributed by atoms with Crippen molar-refractivity contribution >= 4 is 39.2 Å². The average molecular weight is 357 g/mol. The third-order valence-electron chi connectivity index (χ3n) is 4.61. The Morgan fingerprint density at radius 1 is 1.00 bits per heavy atom. The molecule has 2 N–H and O–H groups in total. The second-order valence-corrected chi connectivity index (χ2v) is 6.58. The Labute approximate surface area is 156 Å². The van der Waals surface area contributed by atoms with E-state index in [1.165, 1.54) is 6.92 Å². The molecule has 0 fully saturated rings. The van der Waals surface area contributed by atoms with E-state index in [-0.39, 0.29) is 11.7 Å². The summed E-state index contributed by atoms with van der Waals surface area (Å²) in [6, 6.07) is 17.1. The van der Waals surface area contributed by atoms with E-state index in [1.54, 1.807) is 24.3 Å². The highest BCUT2D eigenvalue weighted by atomic mass is 16.1. The van der Waals surface area contributed by atoms with Crippen molar-refractivity contribution in [1.29, 1.82) is 0 Å². The first kappa shape index (κ1) is 17.0. The highest BCUT2D eigenvalue weighted by Crippen LogP contribution is 2.25. The van der Waals surface area contributed by atoms with E-state index in [4.69, 9.17) is 0 Å². The molecule has 2 aromatic carbocycles. The number of benzene rings is 2. The Hall–Kier alpha value is -3.47. The molecule has 0 aliphatic heterocycles. The molecule has 0 atom stereocenters. The maximum atomic E-state index is 12.3. The number of para-hydroxylation sites is 1. The van der Waals surface area contributed by atoms with Gasteiger partial charge in [-0.3, -0.25) is 14.6 Å². The quantitative estimate of drug-likeness (QED) is 0.517. The first-order valence-corrected chi connectivity index (χ1v) is 8.86. The van der Waals surface area contributed by atoms with Crippen molar-refractivity contribution in [3.05, 3.63) is 72.1 Å². The summed E-state index contributed by atoms with van der Waals surface area (Å²) in [5.74, 6) is -0.126. The molecule has 0 spiro atoms. The van der Waals surface area contributed by atoms with Gasteiger partial charge in [0.2, 0.25) is 5.91 Å². The molecule has 0 bridgehead atoms. The van der Waals surface area contributed by atoms with Crippen molar-refractivity contribution in [3.8, 4) is 0 Å². The molecule has 0 unspecified atom stereocenters. The summed E-state index contributed by atoms with van der Waals surface area (Å²) in [6.07, 6.45) is 2.69. The fraction of sp³-hybridized carbons (Fsp3) is 0.136. The Bertz CT molecular complexity index is 1160. The minimum absolute atomic E-state index is 0.0256.